The zero-order chi connectivity index (χ0) is 23.1. The van der Waals surface area contributed by atoms with Crippen LogP contribution in [0.4, 0.5) is 5.69 Å². The lowest BCUT2D eigenvalue weighted by atomic mass is 9.81. The summed E-state index contributed by atoms with van der Waals surface area (Å²) >= 11 is 0. The summed E-state index contributed by atoms with van der Waals surface area (Å²) in [6.45, 7) is 2.57. The summed E-state index contributed by atoms with van der Waals surface area (Å²) in [5, 5.41) is 11.1. The monoisotopic (exact) mass is 431 g/mol. The fourth-order valence-electron chi connectivity index (χ4n) is 3.95. The number of esters is 1. The normalized spacial score (nSPS) is 14.6. The molecule has 1 aliphatic rings. The second-order valence-corrected chi connectivity index (χ2v) is 8.04. The standard InChI is InChI=1S/C26H29N3O3/c1-4-14-29(3)25(27)20-10-12-23(13-11-20)28-26(31)21-9-8-19-7-6-18(15-22(19)17-21)16-24(30)32-5-2/h1,8-13,17-18,27H,5-7,14-16H2,2-3H3,(H,28,31). The van der Waals surface area contributed by atoms with Crippen molar-refractivity contribution < 1.29 is 14.3 Å². The first-order valence-electron chi connectivity index (χ1n) is 10.8. The quantitative estimate of drug-likeness (QED) is 0.302. The van der Waals surface area contributed by atoms with Crippen LogP contribution in [0.25, 0.3) is 0 Å². The highest BCUT2D eigenvalue weighted by atomic mass is 16.5. The van der Waals surface area contributed by atoms with Crippen molar-refractivity contribution in [2.45, 2.75) is 32.6 Å². The molecule has 2 aromatic rings. The minimum absolute atomic E-state index is 0.156. The van der Waals surface area contributed by atoms with Gasteiger partial charge in [0.25, 0.3) is 5.91 Å². The van der Waals surface area contributed by atoms with E-state index in [0.29, 0.717) is 36.7 Å². The molecule has 3 rings (SSSR count). The third-order valence-corrected chi connectivity index (χ3v) is 5.69. The highest BCUT2D eigenvalue weighted by molar-refractivity contribution is 6.05. The molecule has 1 amide bonds. The van der Waals surface area contributed by atoms with Gasteiger partial charge in [-0.25, -0.2) is 0 Å². The molecule has 0 bridgehead atoms. The Labute approximate surface area is 189 Å². The third-order valence-electron chi connectivity index (χ3n) is 5.69. The number of amidine groups is 1. The highest BCUT2D eigenvalue weighted by Gasteiger charge is 2.22. The smallest absolute Gasteiger partial charge is 0.306 e. The molecule has 2 aromatic carbocycles. The van der Waals surface area contributed by atoms with Crippen LogP contribution in [-0.2, 0) is 22.4 Å². The molecule has 0 aromatic heterocycles. The van der Waals surface area contributed by atoms with Gasteiger partial charge in [-0.05, 0) is 79.6 Å². The van der Waals surface area contributed by atoms with E-state index < -0.39 is 0 Å². The van der Waals surface area contributed by atoms with Gasteiger partial charge < -0.3 is 15.0 Å². The average molecular weight is 432 g/mol. The van der Waals surface area contributed by atoms with E-state index in [1.54, 1.807) is 36.2 Å². The molecule has 0 saturated carbocycles. The van der Waals surface area contributed by atoms with Crippen LogP contribution in [0.5, 0.6) is 0 Å². The molecular formula is C26H29N3O3. The number of aryl methyl sites for hydroxylation is 1. The van der Waals surface area contributed by atoms with Gasteiger partial charge in [0.05, 0.1) is 13.2 Å². The van der Waals surface area contributed by atoms with Crippen LogP contribution in [0, 0.1) is 23.7 Å². The number of nitrogens with zero attached hydrogens (tertiary/aromatic N) is 1. The van der Waals surface area contributed by atoms with Crippen LogP contribution in [0.2, 0.25) is 0 Å². The van der Waals surface area contributed by atoms with Crippen molar-refractivity contribution >= 4 is 23.4 Å². The Bertz CT molecular complexity index is 1040. The number of carbonyl (C=O) groups is 2. The van der Waals surface area contributed by atoms with E-state index in [4.69, 9.17) is 16.6 Å². The Morgan fingerprint density at radius 1 is 1.19 bits per heavy atom. The number of hydrogen-bond donors (Lipinski definition) is 2. The average Bonchev–Trinajstić information content (AvgIpc) is 2.79. The molecule has 0 spiro atoms. The molecular weight excluding hydrogens is 402 g/mol. The van der Waals surface area contributed by atoms with Crippen molar-refractivity contribution in [2.75, 3.05) is 25.5 Å². The number of anilines is 1. The van der Waals surface area contributed by atoms with E-state index >= 15 is 0 Å². The SMILES string of the molecule is C#CCN(C)C(=N)c1ccc(NC(=O)c2ccc3c(c2)CC(CC(=O)OCC)CC3)cc1. The second kappa shape index (κ2) is 10.6. The molecule has 1 atom stereocenters. The lowest BCUT2D eigenvalue weighted by Gasteiger charge is -2.24. The number of amides is 1. The summed E-state index contributed by atoms with van der Waals surface area (Å²) in [4.78, 5) is 26.3. The molecule has 0 aliphatic heterocycles. The number of nitrogens with one attached hydrogen (secondary N) is 2. The lowest BCUT2D eigenvalue weighted by molar-refractivity contribution is -0.144. The predicted octanol–water partition coefficient (Wildman–Crippen LogP) is 3.89. The summed E-state index contributed by atoms with van der Waals surface area (Å²) in [7, 11) is 1.77. The molecule has 6 nitrogen and oxygen atoms in total. The van der Waals surface area contributed by atoms with Crippen LogP contribution < -0.4 is 5.32 Å². The third kappa shape index (κ3) is 5.76. The number of rotatable bonds is 7. The Hall–Kier alpha value is -3.59. The first-order valence-corrected chi connectivity index (χ1v) is 10.8. The number of benzene rings is 2. The maximum Gasteiger partial charge on any atom is 0.306 e. The zero-order valence-corrected chi connectivity index (χ0v) is 18.6. The van der Waals surface area contributed by atoms with E-state index in [1.807, 2.05) is 25.1 Å². The first kappa shape index (κ1) is 23.1. The van der Waals surface area contributed by atoms with Gasteiger partial charge >= 0.3 is 5.97 Å². The molecule has 0 fully saturated rings. The molecule has 1 unspecified atom stereocenters. The van der Waals surface area contributed by atoms with E-state index in [0.717, 1.165) is 30.4 Å². The van der Waals surface area contributed by atoms with Crippen LogP contribution in [-0.4, -0.2) is 42.8 Å². The van der Waals surface area contributed by atoms with Gasteiger partial charge in [-0.3, -0.25) is 15.0 Å². The lowest BCUT2D eigenvalue weighted by Crippen LogP contribution is -2.26. The molecule has 6 heteroatoms. The zero-order valence-electron chi connectivity index (χ0n) is 18.6. The molecule has 32 heavy (non-hydrogen) atoms. The van der Waals surface area contributed by atoms with Gasteiger partial charge in [0, 0.05) is 30.3 Å². The fraction of sp³-hybridized carbons (Fsp3) is 0.346. The van der Waals surface area contributed by atoms with Gasteiger partial charge in [0.2, 0.25) is 0 Å². The predicted molar refractivity (Wildman–Crippen MR) is 126 cm³/mol. The van der Waals surface area contributed by atoms with Crippen molar-refractivity contribution in [3.8, 4) is 12.3 Å². The van der Waals surface area contributed by atoms with Crippen molar-refractivity contribution in [3.05, 3.63) is 64.7 Å². The summed E-state index contributed by atoms with van der Waals surface area (Å²) in [6, 6.07) is 12.9. The molecule has 2 N–H and O–H groups in total. The van der Waals surface area contributed by atoms with Gasteiger partial charge in [-0.1, -0.05) is 12.0 Å². The summed E-state index contributed by atoms with van der Waals surface area (Å²) in [5.74, 6) is 2.75. The van der Waals surface area contributed by atoms with Crippen molar-refractivity contribution in [1.82, 2.24) is 4.90 Å². The summed E-state index contributed by atoms with van der Waals surface area (Å²) in [6.07, 6.45) is 8.36. The summed E-state index contributed by atoms with van der Waals surface area (Å²) in [5.41, 5.74) is 4.33. The van der Waals surface area contributed by atoms with Crippen LogP contribution >= 0.6 is 0 Å². The topological polar surface area (TPSA) is 82.5 Å². The second-order valence-electron chi connectivity index (χ2n) is 8.04. The van der Waals surface area contributed by atoms with E-state index in [1.165, 1.54) is 5.56 Å². The van der Waals surface area contributed by atoms with Gasteiger partial charge in [0.15, 0.2) is 0 Å². The summed E-state index contributed by atoms with van der Waals surface area (Å²) < 4.78 is 5.08. The van der Waals surface area contributed by atoms with E-state index in [2.05, 4.69) is 11.2 Å². The first-order chi connectivity index (χ1) is 15.4. The van der Waals surface area contributed by atoms with Crippen LogP contribution in [0.15, 0.2) is 42.5 Å². The van der Waals surface area contributed by atoms with Gasteiger partial charge in [0.1, 0.15) is 5.84 Å². The maximum absolute atomic E-state index is 12.8. The Kier molecular flexibility index (Phi) is 7.67. The van der Waals surface area contributed by atoms with Gasteiger partial charge in [-0.2, -0.15) is 0 Å². The van der Waals surface area contributed by atoms with E-state index in [-0.39, 0.29) is 17.8 Å². The Morgan fingerprint density at radius 3 is 2.59 bits per heavy atom. The largest absolute Gasteiger partial charge is 0.466 e. The van der Waals surface area contributed by atoms with Crippen molar-refractivity contribution in [3.63, 3.8) is 0 Å². The molecule has 0 heterocycles. The fourth-order valence-corrected chi connectivity index (χ4v) is 3.95. The van der Waals surface area contributed by atoms with E-state index in [9.17, 15) is 9.59 Å². The van der Waals surface area contributed by atoms with Crippen LogP contribution in [0.1, 0.15) is 46.8 Å². The molecule has 166 valence electrons. The number of ether oxygens (including phenoxy) is 1. The van der Waals surface area contributed by atoms with Crippen LogP contribution in [0.3, 0.4) is 0 Å². The van der Waals surface area contributed by atoms with Crippen molar-refractivity contribution in [1.29, 1.82) is 5.41 Å². The maximum atomic E-state index is 12.8. The number of fused-ring (bicyclic) bond motifs is 1. The molecule has 0 radical (unpaired) electrons. The molecule has 0 saturated heterocycles. The number of hydrogen-bond acceptors (Lipinski definition) is 4. The molecule has 1 aliphatic carbocycles. The Balaban J connectivity index is 1.64. The Morgan fingerprint density at radius 2 is 1.91 bits per heavy atom. The minimum Gasteiger partial charge on any atom is -0.466 e. The minimum atomic E-state index is -0.187. The van der Waals surface area contributed by atoms with Crippen molar-refractivity contribution in [2.24, 2.45) is 5.92 Å². The van der Waals surface area contributed by atoms with Gasteiger partial charge in [-0.15, -0.1) is 6.42 Å². The number of carbonyl (C=O) groups excluding carboxylic acids is 2. The highest BCUT2D eigenvalue weighted by Crippen LogP contribution is 2.29. The number of terminal acetylenes is 1.